The second-order valence-corrected chi connectivity index (χ2v) is 7.00. The van der Waals surface area contributed by atoms with Gasteiger partial charge >= 0.3 is 0 Å². The van der Waals surface area contributed by atoms with Crippen LogP contribution in [0.1, 0.15) is 22.8 Å². The van der Waals surface area contributed by atoms with Crippen LogP contribution in [0.2, 0.25) is 0 Å². The fourth-order valence-corrected chi connectivity index (χ4v) is 3.36. The molecule has 0 fully saturated rings. The fraction of sp³-hybridized carbons (Fsp3) is 0.286. The number of likely N-dealkylation sites (N-methyl/N-ethyl adjacent to an activating group) is 1. The fourth-order valence-electron chi connectivity index (χ4n) is 3.36. The number of benzene rings is 2. The second kappa shape index (κ2) is 6.67. The summed E-state index contributed by atoms with van der Waals surface area (Å²) in [6.45, 7) is 3.45. The van der Waals surface area contributed by atoms with Crippen molar-refractivity contribution in [3.05, 3.63) is 47.5 Å². The highest BCUT2D eigenvalue weighted by Crippen LogP contribution is 2.36. The van der Waals surface area contributed by atoms with Crippen LogP contribution in [0.3, 0.4) is 0 Å². The van der Waals surface area contributed by atoms with Gasteiger partial charge in [-0.1, -0.05) is 6.07 Å². The third-order valence-electron chi connectivity index (χ3n) is 4.99. The summed E-state index contributed by atoms with van der Waals surface area (Å²) in [5, 5.41) is 0. The van der Waals surface area contributed by atoms with E-state index in [0.717, 1.165) is 5.56 Å². The molecule has 28 heavy (non-hydrogen) atoms. The number of anilines is 2. The lowest BCUT2D eigenvalue weighted by molar-refractivity contribution is -0.125. The molecule has 2 amide bonds. The smallest absolute Gasteiger partial charge is 0.268 e. The first-order chi connectivity index (χ1) is 13.3. The molecule has 0 N–H and O–H groups in total. The molecule has 0 saturated heterocycles. The number of carbonyl (C=O) groups is 3. The topological polar surface area (TPSA) is 76.2 Å². The zero-order valence-corrected chi connectivity index (χ0v) is 15.9. The molecule has 7 heteroatoms. The molecule has 0 unspecified atom stereocenters. The number of Topliss-reactive ketones (excluding diaryl/α,β-unsaturated/α-hetero) is 1. The number of nitrogens with zero attached hydrogens (tertiary/aromatic N) is 2. The van der Waals surface area contributed by atoms with E-state index in [1.54, 1.807) is 32.2 Å². The largest absolute Gasteiger partial charge is 0.482 e. The van der Waals surface area contributed by atoms with Gasteiger partial charge in [0.05, 0.1) is 17.9 Å². The number of hydrogen-bond donors (Lipinski definition) is 0. The first kappa shape index (κ1) is 18.0. The van der Waals surface area contributed by atoms with E-state index in [0.29, 0.717) is 28.4 Å². The van der Waals surface area contributed by atoms with Crippen LogP contribution in [0.4, 0.5) is 11.4 Å². The molecule has 2 heterocycles. The minimum atomic E-state index is -0.663. The quantitative estimate of drug-likeness (QED) is 0.764. The Hall–Kier alpha value is -3.35. The van der Waals surface area contributed by atoms with Crippen molar-refractivity contribution in [2.24, 2.45) is 0 Å². The average molecular weight is 380 g/mol. The van der Waals surface area contributed by atoms with Crippen molar-refractivity contribution in [3.8, 4) is 11.5 Å². The highest BCUT2D eigenvalue weighted by molar-refractivity contribution is 6.09. The van der Waals surface area contributed by atoms with Crippen LogP contribution in [0, 0.1) is 6.92 Å². The Bertz CT molecular complexity index is 1000. The lowest BCUT2D eigenvalue weighted by Crippen LogP contribution is -2.46. The summed E-state index contributed by atoms with van der Waals surface area (Å²) in [4.78, 5) is 40.4. The third-order valence-corrected chi connectivity index (χ3v) is 4.99. The Morgan fingerprint density at radius 2 is 1.86 bits per heavy atom. The van der Waals surface area contributed by atoms with Crippen LogP contribution in [0.15, 0.2) is 36.4 Å². The van der Waals surface area contributed by atoms with Gasteiger partial charge in [0.25, 0.3) is 11.8 Å². The summed E-state index contributed by atoms with van der Waals surface area (Å²) < 4.78 is 11.1. The summed E-state index contributed by atoms with van der Waals surface area (Å²) >= 11 is 0. The first-order valence-electron chi connectivity index (χ1n) is 9.00. The predicted molar refractivity (Wildman–Crippen MR) is 103 cm³/mol. The molecule has 0 saturated carbocycles. The van der Waals surface area contributed by atoms with Gasteiger partial charge in [-0.15, -0.1) is 0 Å². The molecule has 0 radical (unpaired) electrons. The van der Waals surface area contributed by atoms with E-state index in [-0.39, 0.29) is 30.7 Å². The van der Waals surface area contributed by atoms with Gasteiger partial charge in [-0.25, -0.2) is 0 Å². The van der Waals surface area contributed by atoms with E-state index < -0.39 is 6.10 Å². The van der Waals surface area contributed by atoms with Gasteiger partial charge in [0, 0.05) is 12.6 Å². The maximum atomic E-state index is 13.0. The monoisotopic (exact) mass is 380 g/mol. The minimum Gasteiger partial charge on any atom is -0.482 e. The Morgan fingerprint density at radius 1 is 1.11 bits per heavy atom. The van der Waals surface area contributed by atoms with Crippen LogP contribution in [-0.2, 0) is 9.59 Å². The van der Waals surface area contributed by atoms with Gasteiger partial charge < -0.3 is 14.4 Å². The molecule has 4 rings (SSSR count). The summed E-state index contributed by atoms with van der Waals surface area (Å²) in [7, 11) is 1.64. The average Bonchev–Trinajstić information content (AvgIpc) is 2.68. The number of ketones is 1. The van der Waals surface area contributed by atoms with Crippen molar-refractivity contribution in [1.82, 2.24) is 0 Å². The summed E-state index contributed by atoms with van der Waals surface area (Å²) in [6, 6.07) is 10.5. The highest BCUT2D eigenvalue weighted by atomic mass is 16.5. The Balaban J connectivity index is 1.65. The number of amides is 2. The number of carbonyl (C=O) groups excluding carboxylic acids is 3. The van der Waals surface area contributed by atoms with Crippen LogP contribution in [-0.4, -0.2) is 43.9 Å². The Labute approximate surface area is 162 Å². The zero-order valence-electron chi connectivity index (χ0n) is 15.9. The standard InChI is InChI=1S/C21H20N2O5/c1-12-4-6-19-16(8-12)23(21(26)13(2)28-19)10-17(24)14-5-7-18-15(9-14)22(3)20(25)11-27-18/h4-9,13H,10-11H2,1-3H3/t13-/m0/s1. The predicted octanol–water partition coefficient (Wildman–Crippen LogP) is 2.35. The van der Waals surface area contributed by atoms with E-state index in [9.17, 15) is 14.4 Å². The van der Waals surface area contributed by atoms with E-state index >= 15 is 0 Å². The van der Waals surface area contributed by atoms with Gasteiger partial charge in [0.2, 0.25) is 0 Å². The van der Waals surface area contributed by atoms with Crippen molar-refractivity contribution in [2.45, 2.75) is 20.0 Å². The molecular formula is C21H20N2O5. The Kier molecular flexibility index (Phi) is 4.30. The lowest BCUT2D eigenvalue weighted by Gasteiger charge is -2.33. The minimum absolute atomic E-state index is 0.0207. The SMILES string of the molecule is Cc1ccc2c(c1)N(CC(=O)c1ccc3c(c1)N(C)C(=O)CO3)C(=O)[C@H](C)O2. The molecule has 0 aliphatic carbocycles. The summed E-state index contributed by atoms with van der Waals surface area (Å²) in [5.41, 5.74) is 2.50. The molecule has 1 atom stereocenters. The maximum Gasteiger partial charge on any atom is 0.268 e. The highest BCUT2D eigenvalue weighted by Gasteiger charge is 2.33. The molecule has 2 aromatic carbocycles. The number of rotatable bonds is 3. The van der Waals surface area contributed by atoms with Crippen LogP contribution in [0.25, 0.3) is 0 Å². The van der Waals surface area contributed by atoms with E-state index in [4.69, 9.17) is 9.47 Å². The van der Waals surface area contributed by atoms with Gasteiger partial charge in [-0.3, -0.25) is 19.3 Å². The summed E-state index contributed by atoms with van der Waals surface area (Å²) in [6.07, 6.45) is -0.663. The second-order valence-electron chi connectivity index (χ2n) is 7.00. The first-order valence-corrected chi connectivity index (χ1v) is 9.00. The molecular weight excluding hydrogens is 360 g/mol. The number of fused-ring (bicyclic) bond motifs is 2. The molecule has 2 aliphatic heterocycles. The van der Waals surface area contributed by atoms with Gasteiger partial charge in [0.15, 0.2) is 18.5 Å². The lowest BCUT2D eigenvalue weighted by atomic mass is 10.1. The normalized spacial score (nSPS) is 18.2. The van der Waals surface area contributed by atoms with Crippen molar-refractivity contribution >= 4 is 29.0 Å². The van der Waals surface area contributed by atoms with Gasteiger partial charge in [-0.2, -0.15) is 0 Å². The maximum absolute atomic E-state index is 13.0. The molecule has 0 bridgehead atoms. The zero-order chi connectivity index (χ0) is 20.0. The van der Waals surface area contributed by atoms with E-state index in [2.05, 4.69) is 0 Å². The Morgan fingerprint density at radius 3 is 2.64 bits per heavy atom. The third kappa shape index (κ3) is 2.98. The number of ether oxygens (including phenoxy) is 2. The van der Waals surface area contributed by atoms with Crippen LogP contribution >= 0.6 is 0 Å². The van der Waals surface area contributed by atoms with E-state index in [1.165, 1.54) is 9.80 Å². The summed E-state index contributed by atoms with van der Waals surface area (Å²) in [5.74, 6) is 0.452. The molecule has 7 nitrogen and oxygen atoms in total. The van der Waals surface area contributed by atoms with Crippen molar-refractivity contribution in [1.29, 1.82) is 0 Å². The van der Waals surface area contributed by atoms with Crippen LogP contribution in [0.5, 0.6) is 11.5 Å². The molecule has 0 spiro atoms. The van der Waals surface area contributed by atoms with Crippen LogP contribution < -0.4 is 19.3 Å². The molecule has 2 aliphatic rings. The molecule has 0 aromatic heterocycles. The molecule has 144 valence electrons. The van der Waals surface area contributed by atoms with Crippen molar-refractivity contribution < 1.29 is 23.9 Å². The number of hydrogen-bond acceptors (Lipinski definition) is 5. The van der Waals surface area contributed by atoms with Gasteiger partial charge in [-0.05, 0) is 49.7 Å². The van der Waals surface area contributed by atoms with Gasteiger partial charge in [0.1, 0.15) is 11.5 Å². The van der Waals surface area contributed by atoms with E-state index in [1.807, 2.05) is 25.1 Å². The number of aryl methyl sites for hydroxylation is 1. The molecule has 2 aromatic rings. The van der Waals surface area contributed by atoms with Crippen molar-refractivity contribution in [2.75, 3.05) is 30.0 Å². The van der Waals surface area contributed by atoms with Crippen molar-refractivity contribution in [3.63, 3.8) is 0 Å².